The molecule has 1 aromatic rings. The fraction of sp³-hybridized carbons (Fsp3) is 0.471. The van der Waals surface area contributed by atoms with Gasteiger partial charge in [-0.1, -0.05) is 18.6 Å². The minimum Gasteiger partial charge on any atom is -0.352 e. The van der Waals surface area contributed by atoms with Crippen molar-refractivity contribution >= 4 is 17.6 Å². The summed E-state index contributed by atoms with van der Waals surface area (Å²) in [7, 11) is 0. The largest absolute Gasteiger partial charge is 0.352 e. The van der Waals surface area contributed by atoms with Crippen LogP contribution in [-0.2, 0) is 9.59 Å². The average Bonchev–Trinajstić information content (AvgIpc) is 2.76. The first kappa shape index (κ1) is 16.2. The molecular weight excluding hydrogens is 278 g/mol. The highest BCUT2D eigenvalue weighted by Crippen LogP contribution is 2.17. The van der Waals surface area contributed by atoms with Crippen LogP contribution in [0.5, 0.6) is 0 Å². The van der Waals surface area contributed by atoms with Crippen molar-refractivity contribution in [1.29, 1.82) is 0 Å². The lowest BCUT2D eigenvalue weighted by Crippen LogP contribution is -2.29. The summed E-state index contributed by atoms with van der Waals surface area (Å²) in [5, 5.41) is 5.55. The third kappa shape index (κ3) is 5.31. The van der Waals surface area contributed by atoms with E-state index in [0.717, 1.165) is 37.0 Å². The smallest absolute Gasteiger partial charge is 0.246 e. The summed E-state index contributed by atoms with van der Waals surface area (Å²) < 4.78 is 0. The number of aryl methyl sites for hydroxylation is 1. The summed E-state index contributed by atoms with van der Waals surface area (Å²) in [6, 6.07) is 5.47. The number of hydrogen-bond acceptors (Lipinski definition) is 3. The molecule has 0 bridgehead atoms. The van der Waals surface area contributed by atoms with Crippen molar-refractivity contribution < 1.29 is 9.59 Å². The van der Waals surface area contributed by atoms with Crippen molar-refractivity contribution in [3.05, 3.63) is 35.5 Å². The molecule has 1 aromatic heterocycles. The minimum atomic E-state index is -0.145. The maximum absolute atomic E-state index is 12.0. The topological polar surface area (TPSA) is 71.1 Å². The van der Waals surface area contributed by atoms with Crippen LogP contribution in [0.15, 0.2) is 29.8 Å². The van der Waals surface area contributed by atoms with Crippen molar-refractivity contribution in [1.82, 2.24) is 10.3 Å². The van der Waals surface area contributed by atoms with Crippen molar-refractivity contribution in [2.24, 2.45) is 0 Å². The van der Waals surface area contributed by atoms with Crippen molar-refractivity contribution in [2.45, 2.75) is 45.4 Å². The number of aromatic nitrogens is 1. The van der Waals surface area contributed by atoms with E-state index in [1.54, 1.807) is 6.07 Å². The van der Waals surface area contributed by atoms with Gasteiger partial charge in [-0.15, -0.1) is 0 Å². The highest BCUT2D eigenvalue weighted by Gasteiger charge is 2.11. The number of amides is 2. The van der Waals surface area contributed by atoms with Gasteiger partial charge in [-0.2, -0.15) is 0 Å². The van der Waals surface area contributed by atoms with E-state index in [1.807, 2.05) is 25.1 Å². The summed E-state index contributed by atoms with van der Waals surface area (Å²) in [4.78, 5) is 28.0. The molecule has 0 aliphatic heterocycles. The molecule has 0 radical (unpaired) electrons. The Bertz CT molecular complexity index is 567. The van der Waals surface area contributed by atoms with Crippen molar-refractivity contribution in [2.75, 3.05) is 11.9 Å². The molecule has 22 heavy (non-hydrogen) atoms. The van der Waals surface area contributed by atoms with E-state index in [2.05, 4.69) is 15.6 Å². The zero-order valence-electron chi connectivity index (χ0n) is 13.0. The van der Waals surface area contributed by atoms with E-state index in [1.165, 1.54) is 6.42 Å². The van der Waals surface area contributed by atoms with Gasteiger partial charge < -0.3 is 10.6 Å². The van der Waals surface area contributed by atoms with Gasteiger partial charge >= 0.3 is 0 Å². The maximum atomic E-state index is 12.0. The Morgan fingerprint density at radius 1 is 1.23 bits per heavy atom. The summed E-state index contributed by atoms with van der Waals surface area (Å²) in [5.41, 5.74) is 1.71. The van der Waals surface area contributed by atoms with E-state index in [0.29, 0.717) is 12.4 Å². The normalized spacial score (nSPS) is 14.7. The van der Waals surface area contributed by atoms with Gasteiger partial charge in [0.1, 0.15) is 5.82 Å². The molecule has 2 amide bonds. The first-order valence-corrected chi connectivity index (χ1v) is 7.86. The SMILES string of the molecule is Cc1cccc(NC(=O)CCNC(=O)C2=CCCCCC2)n1. The molecule has 1 aliphatic carbocycles. The van der Waals surface area contributed by atoms with Crippen LogP contribution >= 0.6 is 0 Å². The highest BCUT2D eigenvalue weighted by atomic mass is 16.2. The second-order valence-electron chi connectivity index (χ2n) is 5.55. The number of carbonyl (C=O) groups is 2. The van der Waals surface area contributed by atoms with Crippen LogP contribution in [0.4, 0.5) is 5.82 Å². The van der Waals surface area contributed by atoms with Crippen LogP contribution < -0.4 is 10.6 Å². The van der Waals surface area contributed by atoms with Crippen LogP contribution in [0.2, 0.25) is 0 Å². The van der Waals surface area contributed by atoms with Gasteiger partial charge in [0, 0.05) is 24.2 Å². The first-order chi connectivity index (χ1) is 10.6. The molecule has 2 rings (SSSR count). The van der Waals surface area contributed by atoms with Gasteiger partial charge in [0.15, 0.2) is 0 Å². The number of anilines is 1. The van der Waals surface area contributed by atoms with E-state index in [9.17, 15) is 9.59 Å². The highest BCUT2D eigenvalue weighted by molar-refractivity contribution is 5.94. The van der Waals surface area contributed by atoms with Crippen LogP contribution in [0.1, 0.15) is 44.2 Å². The molecule has 0 saturated carbocycles. The van der Waals surface area contributed by atoms with Crippen molar-refractivity contribution in [3.63, 3.8) is 0 Å². The lowest BCUT2D eigenvalue weighted by molar-refractivity contribution is -0.118. The average molecular weight is 301 g/mol. The number of nitrogens with zero attached hydrogens (tertiary/aromatic N) is 1. The Morgan fingerprint density at radius 2 is 2.09 bits per heavy atom. The van der Waals surface area contributed by atoms with Crippen LogP contribution in [0.25, 0.3) is 0 Å². The molecule has 1 heterocycles. The number of nitrogens with one attached hydrogen (secondary N) is 2. The molecular formula is C17H23N3O2. The van der Waals surface area contributed by atoms with E-state index in [-0.39, 0.29) is 18.2 Å². The van der Waals surface area contributed by atoms with Crippen LogP contribution in [0.3, 0.4) is 0 Å². The Balaban J connectivity index is 1.72. The Morgan fingerprint density at radius 3 is 2.91 bits per heavy atom. The summed E-state index contributed by atoms with van der Waals surface area (Å²) in [5.74, 6) is 0.361. The van der Waals surface area contributed by atoms with Crippen LogP contribution in [0, 0.1) is 6.92 Å². The molecule has 0 saturated heterocycles. The lowest BCUT2D eigenvalue weighted by atomic mass is 10.1. The fourth-order valence-electron chi connectivity index (χ4n) is 2.44. The van der Waals surface area contributed by atoms with Gasteiger partial charge in [-0.3, -0.25) is 9.59 Å². The molecule has 0 atom stereocenters. The zero-order valence-corrected chi connectivity index (χ0v) is 13.0. The van der Waals surface area contributed by atoms with Gasteiger partial charge in [0.2, 0.25) is 11.8 Å². The maximum Gasteiger partial charge on any atom is 0.246 e. The Hall–Kier alpha value is -2.17. The molecule has 0 unspecified atom stereocenters. The predicted molar refractivity (Wildman–Crippen MR) is 86.4 cm³/mol. The molecule has 2 N–H and O–H groups in total. The quantitative estimate of drug-likeness (QED) is 0.878. The van der Waals surface area contributed by atoms with Gasteiger partial charge in [-0.25, -0.2) is 4.98 Å². The number of hydrogen-bond donors (Lipinski definition) is 2. The first-order valence-electron chi connectivity index (χ1n) is 7.86. The number of pyridine rings is 1. The minimum absolute atomic E-state index is 0.0385. The lowest BCUT2D eigenvalue weighted by Gasteiger charge is -2.08. The monoisotopic (exact) mass is 301 g/mol. The fourth-order valence-corrected chi connectivity index (χ4v) is 2.44. The van der Waals surface area contributed by atoms with Crippen LogP contribution in [-0.4, -0.2) is 23.3 Å². The molecule has 0 fully saturated rings. The number of allylic oxidation sites excluding steroid dienone is 1. The van der Waals surface area contributed by atoms with Crippen molar-refractivity contribution in [3.8, 4) is 0 Å². The number of rotatable bonds is 5. The predicted octanol–water partition coefficient (Wildman–Crippen LogP) is 2.73. The Kier molecular flexibility index (Phi) is 6.13. The second-order valence-corrected chi connectivity index (χ2v) is 5.55. The third-order valence-electron chi connectivity index (χ3n) is 3.63. The molecule has 118 valence electrons. The standard InChI is InChI=1S/C17H23N3O2/c1-13-7-6-10-15(19-13)20-16(21)11-12-18-17(22)14-8-4-2-3-5-9-14/h6-8,10H,2-5,9,11-12H2,1H3,(H,18,22)(H,19,20,21). The second kappa shape index (κ2) is 8.32. The van der Waals surface area contributed by atoms with E-state index < -0.39 is 0 Å². The molecule has 0 aromatic carbocycles. The summed E-state index contributed by atoms with van der Waals surface area (Å²) in [6.45, 7) is 2.21. The summed E-state index contributed by atoms with van der Waals surface area (Å²) >= 11 is 0. The molecule has 0 spiro atoms. The Labute approximate surface area is 131 Å². The summed E-state index contributed by atoms with van der Waals surface area (Å²) in [6.07, 6.45) is 7.49. The van der Waals surface area contributed by atoms with Gasteiger partial charge in [0.05, 0.1) is 0 Å². The van der Waals surface area contributed by atoms with Gasteiger partial charge in [-0.05, 0) is 44.7 Å². The number of carbonyl (C=O) groups excluding carboxylic acids is 2. The molecule has 1 aliphatic rings. The van der Waals surface area contributed by atoms with E-state index >= 15 is 0 Å². The third-order valence-corrected chi connectivity index (χ3v) is 3.63. The van der Waals surface area contributed by atoms with Gasteiger partial charge in [0.25, 0.3) is 0 Å². The molecule has 5 heteroatoms. The zero-order chi connectivity index (χ0) is 15.8. The molecule has 5 nitrogen and oxygen atoms in total. The van der Waals surface area contributed by atoms with E-state index in [4.69, 9.17) is 0 Å².